The number of hydrogen-bond donors (Lipinski definition) is 3. The number of amides is 1. The van der Waals surface area contributed by atoms with Gasteiger partial charge in [-0.05, 0) is 36.8 Å². The molecule has 4 nitrogen and oxygen atoms in total. The Bertz CT molecular complexity index is 605. The van der Waals surface area contributed by atoms with E-state index in [2.05, 4.69) is 21.2 Å². The molecule has 5 heteroatoms. The number of phenols is 2. The maximum absolute atomic E-state index is 12.1. The van der Waals surface area contributed by atoms with Crippen LogP contribution in [0.25, 0.3) is 0 Å². The van der Waals surface area contributed by atoms with E-state index in [1.165, 1.54) is 18.2 Å². The number of carbonyl (C=O) groups excluding carboxylic acids is 1. The van der Waals surface area contributed by atoms with Crippen LogP contribution in [0.4, 0.5) is 0 Å². The first-order chi connectivity index (χ1) is 9.49. The number of nitrogens with one attached hydrogen (secondary N) is 1. The molecule has 0 bridgehead atoms. The number of carbonyl (C=O) groups is 1. The minimum atomic E-state index is -0.518. The fourth-order valence-electron chi connectivity index (χ4n) is 1.86. The van der Waals surface area contributed by atoms with Gasteiger partial charge < -0.3 is 15.5 Å². The van der Waals surface area contributed by atoms with Gasteiger partial charge in [-0.3, -0.25) is 4.79 Å². The molecule has 2 aromatic rings. The van der Waals surface area contributed by atoms with Gasteiger partial charge in [0.05, 0.1) is 6.04 Å². The summed E-state index contributed by atoms with van der Waals surface area (Å²) >= 11 is 3.35. The lowest BCUT2D eigenvalue weighted by atomic mass is 10.1. The van der Waals surface area contributed by atoms with E-state index >= 15 is 0 Å². The first kappa shape index (κ1) is 14.4. The molecule has 0 spiro atoms. The third-order valence-electron chi connectivity index (χ3n) is 2.97. The quantitative estimate of drug-likeness (QED) is 0.805. The van der Waals surface area contributed by atoms with Crippen molar-refractivity contribution >= 4 is 21.8 Å². The van der Waals surface area contributed by atoms with Gasteiger partial charge in [-0.15, -0.1) is 0 Å². The number of rotatable bonds is 3. The topological polar surface area (TPSA) is 69.6 Å². The smallest absolute Gasteiger partial charge is 0.259 e. The minimum Gasteiger partial charge on any atom is -0.507 e. The van der Waals surface area contributed by atoms with Gasteiger partial charge in [0.1, 0.15) is 17.1 Å². The highest BCUT2D eigenvalue weighted by molar-refractivity contribution is 9.10. The molecule has 0 aliphatic carbocycles. The lowest BCUT2D eigenvalue weighted by Gasteiger charge is -2.15. The fraction of sp³-hybridized carbons (Fsp3) is 0.133. The molecular formula is C15H14BrNO3. The molecule has 0 aliphatic rings. The van der Waals surface area contributed by atoms with Crippen LogP contribution in [-0.4, -0.2) is 16.1 Å². The van der Waals surface area contributed by atoms with Crippen molar-refractivity contribution in [3.05, 3.63) is 58.1 Å². The van der Waals surface area contributed by atoms with E-state index in [1.54, 1.807) is 0 Å². The molecule has 0 heterocycles. The zero-order valence-electron chi connectivity index (χ0n) is 10.8. The van der Waals surface area contributed by atoms with Crippen molar-refractivity contribution in [1.29, 1.82) is 0 Å². The van der Waals surface area contributed by atoms with E-state index in [9.17, 15) is 15.0 Å². The molecular weight excluding hydrogens is 322 g/mol. The molecule has 1 unspecified atom stereocenters. The highest BCUT2D eigenvalue weighted by atomic mass is 79.9. The average molecular weight is 336 g/mol. The second-order valence-corrected chi connectivity index (χ2v) is 5.33. The number of phenolic OH excluding ortho intramolecular Hbond substituents is 2. The molecule has 20 heavy (non-hydrogen) atoms. The lowest BCUT2D eigenvalue weighted by Crippen LogP contribution is -2.26. The van der Waals surface area contributed by atoms with E-state index in [-0.39, 0.29) is 23.1 Å². The molecule has 2 aromatic carbocycles. The van der Waals surface area contributed by atoms with E-state index < -0.39 is 5.91 Å². The predicted octanol–water partition coefficient (Wildman–Crippen LogP) is 3.35. The molecule has 0 aromatic heterocycles. The molecule has 1 amide bonds. The standard InChI is InChI=1S/C15H14BrNO3/c1-9(10-5-7-11(16)8-6-10)17-15(20)14-12(18)3-2-4-13(14)19/h2-9,18-19H,1H3,(H,17,20). The molecule has 104 valence electrons. The van der Waals surface area contributed by atoms with Crippen LogP contribution in [0.3, 0.4) is 0 Å². The average Bonchev–Trinajstić information content (AvgIpc) is 2.39. The van der Waals surface area contributed by atoms with Crippen molar-refractivity contribution in [2.45, 2.75) is 13.0 Å². The molecule has 3 N–H and O–H groups in total. The van der Waals surface area contributed by atoms with Gasteiger partial charge in [0, 0.05) is 4.47 Å². The van der Waals surface area contributed by atoms with E-state index in [1.807, 2.05) is 31.2 Å². The van der Waals surface area contributed by atoms with Crippen LogP contribution >= 0.6 is 15.9 Å². The first-order valence-corrected chi connectivity index (χ1v) is 6.85. The zero-order chi connectivity index (χ0) is 14.7. The highest BCUT2D eigenvalue weighted by Crippen LogP contribution is 2.27. The lowest BCUT2D eigenvalue weighted by molar-refractivity contribution is 0.0934. The van der Waals surface area contributed by atoms with Crippen LogP contribution in [0.1, 0.15) is 28.9 Å². The summed E-state index contributed by atoms with van der Waals surface area (Å²) in [4.78, 5) is 12.1. The summed E-state index contributed by atoms with van der Waals surface area (Å²) < 4.78 is 0.957. The Morgan fingerprint density at radius 1 is 1.10 bits per heavy atom. The first-order valence-electron chi connectivity index (χ1n) is 6.06. The molecule has 1 atom stereocenters. The van der Waals surface area contributed by atoms with Crippen molar-refractivity contribution in [1.82, 2.24) is 5.32 Å². The molecule has 0 radical (unpaired) electrons. The number of aromatic hydroxyl groups is 2. The number of hydrogen-bond acceptors (Lipinski definition) is 3. The molecule has 0 saturated heterocycles. The van der Waals surface area contributed by atoms with Gasteiger partial charge in [0.25, 0.3) is 5.91 Å². The third kappa shape index (κ3) is 3.11. The molecule has 2 rings (SSSR count). The van der Waals surface area contributed by atoms with Crippen molar-refractivity contribution in [3.63, 3.8) is 0 Å². The Kier molecular flexibility index (Phi) is 4.29. The molecule has 0 aliphatic heterocycles. The van der Waals surface area contributed by atoms with Gasteiger partial charge in [-0.25, -0.2) is 0 Å². The Morgan fingerprint density at radius 3 is 2.20 bits per heavy atom. The van der Waals surface area contributed by atoms with Crippen LogP contribution in [-0.2, 0) is 0 Å². The Balaban J connectivity index is 2.17. The van der Waals surface area contributed by atoms with E-state index in [0.29, 0.717) is 0 Å². The normalized spacial score (nSPS) is 11.9. The predicted molar refractivity (Wildman–Crippen MR) is 79.8 cm³/mol. The summed E-state index contributed by atoms with van der Waals surface area (Å²) in [6.07, 6.45) is 0. The Morgan fingerprint density at radius 2 is 1.65 bits per heavy atom. The summed E-state index contributed by atoms with van der Waals surface area (Å²) in [6.45, 7) is 1.83. The maximum atomic E-state index is 12.1. The summed E-state index contributed by atoms with van der Waals surface area (Å²) in [5, 5.41) is 22.0. The SMILES string of the molecule is CC(NC(=O)c1c(O)cccc1O)c1ccc(Br)cc1. The largest absolute Gasteiger partial charge is 0.507 e. The molecule has 0 saturated carbocycles. The maximum Gasteiger partial charge on any atom is 0.259 e. The van der Waals surface area contributed by atoms with Gasteiger partial charge in [-0.1, -0.05) is 34.1 Å². The monoisotopic (exact) mass is 335 g/mol. The summed E-state index contributed by atoms with van der Waals surface area (Å²) in [5.74, 6) is -1.01. The van der Waals surface area contributed by atoms with Crippen molar-refractivity contribution < 1.29 is 15.0 Å². The van der Waals surface area contributed by atoms with Crippen LogP contribution in [0.2, 0.25) is 0 Å². The van der Waals surface area contributed by atoms with Gasteiger partial charge in [-0.2, -0.15) is 0 Å². The summed E-state index contributed by atoms with van der Waals surface area (Å²) in [6, 6.07) is 11.5. The summed E-state index contributed by atoms with van der Waals surface area (Å²) in [7, 11) is 0. The highest BCUT2D eigenvalue weighted by Gasteiger charge is 2.18. The van der Waals surface area contributed by atoms with Crippen LogP contribution < -0.4 is 5.32 Å². The number of benzene rings is 2. The Labute approximate surface area is 125 Å². The van der Waals surface area contributed by atoms with Gasteiger partial charge >= 0.3 is 0 Å². The third-order valence-corrected chi connectivity index (χ3v) is 3.49. The van der Waals surface area contributed by atoms with Crippen molar-refractivity contribution in [3.8, 4) is 11.5 Å². The van der Waals surface area contributed by atoms with Crippen LogP contribution in [0, 0.1) is 0 Å². The van der Waals surface area contributed by atoms with Crippen LogP contribution in [0.15, 0.2) is 46.9 Å². The zero-order valence-corrected chi connectivity index (χ0v) is 12.4. The second kappa shape index (κ2) is 5.96. The van der Waals surface area contributed by atoms with Gasteiger partial charge in [0.15, 0.2) is 0 Å². The van der Waals surface area contributed by atoms with E-state index in [4.69, 9.17) is 0 Å². The van der Waals surface area contributed by atoms with Gasteiger partial charge in [0.2, 0.25) is 0 Å². The Hall–Kier alpha value is -2.01. The molecule has 0 fully saturated rings. The summed E-state index contributed by atoms with van der Waals surface area (Å²) in [5.41, 5.74) is 0.813. The van der Waals surface area contributed by atoms with Crippen molar-refractivity contribution in [2.75, 3.05) is 0 Å². The van der Waals surface area contributed by atoms with E-state index in [0.717, 1.165) is 10.0 Å². The second-order valence-electron chi connectivity index (χ2n) is 4.42. The fourth-order valence-corrected chi connectivity index (χ4v) is 2.13. The number of halogens is 1. The minimum absolute atomic E-state index is 0.114. The van der Waals surface area contributed by atoms with Crippen LogP contribution in [0.5, 0.6) is 11.5 Å². The van der Waals surface area contributed by atoms with Crippen molar-refractivity contribution in [2.24, 2.45) is 0 Å².